The number of oxazole rings is 1. The molecule has 0 radical (unpaired) electrons. The van der Waals surface area contributed by atoms with Gasteiger partial charge in [-0.15, -0.1) is 11.3 Å². The van der Waals surface area contributed by atoms with Crippen LogP contribution < -0.4 is 0 Å². The number of rotatable bonds is 5. The highest BCUT2D eigenvalue weighted by molar-refractivity contribution is 7.26. The second kappa shape index (κ2) is 10.9. The lowest BCUT2D eigenvalue weighted by atomic mass is 9.99. The Morgan fingerprint density at radius 2 is 1.04 bits per heavy atom. The molecule has 5 nitrogen and oxygen atoms in total. The zero-order chi connectivity index (χ0) is 30.5. The van der Waals surface area contributed by atoms with Crippen LogP contribution in [0.5, 0.6) is 0 Å². The summed E-state index contributed by atoms with van der Waals surface area (Å²) in [6, 6.07) is 49.4. The van der Waals surface area contributed by atoms with E-state index in [4.69, 9.17) is 24.4 Å². The minimum atomic E-state index is 0.628. The number of aromatic nitrogens is 4. The third kappa shape index (κ3) is 4.64. The summed E-state index contributed by atoms with van der Waals surface area (Å²) in [5.74, 6) is 2.59. The third-order valence-corrected chi connectivity index (χ3v) is 9.29. The molecule has 6 aromatic carbocycles. The predicted octanol–water partition coefficient (Wildman–Crippen LogP) is 10.7. The van der Waals surface area contributed by atoms with E-state index in [1.165, 1.54) is 20.2 Å². The Hall–Kier alpha value is -5.98. The maximum Gasteiger partial charge on any atom is 0.227 e. The molecule has 3 aromatic heterocycles. The SMILES string of the molecule is c1ccc(-c2nc(-c3ccccc3)nc(-c3ccc4c(c3)sc3cccc(-c5ccc6nc(-c7ccccc7)oc6c5)c34)n2)cc1. The molecule has 0 aliphatic heterocycles. The first-order chi connectivity index (χ1) is 22.8. The zero-order valence-electron chi connectivity index (χ0n) is 24.5. The number of fused-ring (bicyclic) bond motifs is 4. The molecule has 0 saturated heterocycles. The largest absolute Gasteiger partial charge is 0.436 e. The van der Waals surface area contributed by atoms with E-state index in [2.05, 4.69) is 48.5 Å². The van der Waals surface area contributed by atoms with E-state index in [-0.39, 0.29) is 0 Å². The van der Waals surface area contributed by atoms with Crippen molar-refractivity contribution < 1.29 is 4.42 Å². The fourth-order valence-corrected chi connectivity index (χ4v) is 7.11. The Morgan fingerprint density at radius 3 is 1.72 bits per heavy atom. The van der Waals surface area contributed by atoms with E-state index in [1.807, 2.05) is 97.1 Å². The number of hydrogen-bond donors (Lipinski definition) is 0. The first-order valence-electron chi connectivity index (χ1n) is 15.1. The van der Waals surface area contributed by atoms with Gasteiger partial charge in [0.25, 0.3) is 0 Å². The molecule has 0 N–H and O–H groups in total. The molecule has 0 atom stereocenters. The van der Waals surface area contributed by atoms with Crippen LogP contribution in [0, 0.1) is 0 Å². The Balaban J connectivity index is 1.16. The molecule has 9 rings (SSSR count). The lowest BCUT2D eigenvalue weighted by molar-refractivity contribution is 0.620. The van der Waals surface area contributed by atoms with Gasteiger partial charge in [0.2, 0.25) is 5.89 Å². The maximum absolute atomic E-state index is 6.22. The highest BCUT2D eigenvalue weighted by Crippen LogP contribution is 2.42. The zero-order valence-corrected chi connectivity index (χ0v) is 25.3. The summed E-state index contributed by atoms with van der Waals surface area (Å²) in [5, 5.41) is 2.42. The molecule has 0 spiro atoms. The fourth-order valence-electron chi connectivity index (χ4n) is 5.94. The molecule has 0 aliphatic rings. The van der Waals surface area contributed by atoms with Crippen LogP contribution in [-0.4, -0.2) is 19.9 Å². The number of nitrogens with zero attached hydrogens (tertiary/aromatic N) is 4. The van der Waals surface area contributed by atoms with E-state index < -0.39 is 0 Å². The summed E-state index contributed by atoms with van der Waals surface area (Å²) in [6.45, 7) is 0. The second-order valence-electron chi connectivity index (χ2n) is 11.1. The Bertz CT molecular complexity index is 2470. The van der Waals surface area contributed by atoms with Crippen LogP contribution in [0.4, 0.5) is 0 Å². The van der Waals surface area contributed by atoms with Gasteiger partial charge in [-0.25, -0.2) is 19.9 Å². The molecule has 3 heterocycles. The molecule has 6 heteroatoms. The average molecular weight is 609 g/mol. The molecular weight excluding hydrogens is 585 g/mol. The average Bonchev–Trinajstić information content (AvgIpc) is 3.73. The molecule has 0 saturated carbocycles. The van der Waals surface area contributed by atoms with E-state index in [9.17, 15) is 0 Å². The van der Waals surface area contributed by atoms with Crippen LogP contribution in [0.25, 0.3) is 88.0 Å². The van der Waals surface area contributed by atoms with Gasteiger partial charge in [0.15, 0.2) is 23.1 Å². The number of thiophene rings is 1. The predicted molar refractivity (Wildman–Crippen MR) is 187 cm³/mol. The van der Waals surface area contributed by atoms with Gasteiger partial charge < -0.3 is 4.42 Å². The molecular formula is C40H24N4OS. The maximum atomic E-state index is 6.22. The van der Waals surface area contributed by atoms with Crippen molar-refractivity contribution in [3.05, 3.63) is 146 Å². The van der Waals surface area contributed by atoms with Crippen molar-refractivity contribution in [1.29, 1.82) is 0 Å². The Morgan fingerprint density at radius 1 is 0.435 bits per heavy atom. The molecule has 0 aliphatic carbocycles. The van der Waals surface area contributed by atoms with Crippen LogP contribution in [0.2, 0.25) is 0 Å². The van der Waals surface area contributed by atoms with Crippen LogP contribution >= 0.6 is 11.3 Å². The summed E-state index contributed by atoms with van der Waals surface area (Å²) < 4.78 is 8.61. The highest BCUT2D eigenvalue weighted by Gasteiger charge is 2.16. The molecule has 0 amide bonds. The molecule has 0 bridgehead atoms. The van der Waals surface area contributed by atoms with E-state index in [0.29, 0.717) is 23.4 Å². The van der Waals surface area contributed by atoms with Gasteiger partial charge in [0.05, 0.1) is 0 Å². The smallest absolute Gasteiger partial charge is 0.227 e. The standard InChI is InChI=1S/C40H24N4OS/c1-4-11-25(12-5-1)37-42-38(26-13-6-2-7-14-26)44-39(43-37)29-19-21-31-35(24-29)46-34-18-10-17-30(36(31)34)28-20-22-32-33(23-28)45-40(41-32)27-15-8-3-9-16-27/h1-24H. The number of benzene rings is 6. The summed E-state index contributed by atoms with van der Waals surface area (Å²) in [4.78, 5) is 19.5. The van der Waals surface area contributed by atoms with Crippen molar-refractivity contribution >= 4 is 42.6 Å². The monoisotopic (exact) mass is 608 g/mol. The number of hydrogen-bond acceptors (Lipinski definition) is 6. The highest BCUT2D eigenvalue weighted by atomic mass is 32.1. The molecule has 46 heavy (non-hydrogen) atoms. The van der Waals surface area contributed by atoms with Gasteiger partial charge in [0, 0.05) is 42.4 Å². The fraction of sp³-hybridized carbons (Fsp3) is 0. The lowest BCUT2D eigenvalue weighted by Crippen LogP contribution is -1.99. The summed E-state index contributed by atoms with van der Waals surface area (Å²) in [6.07, 6.45) is 0. The first kappa shape index (κ1) is 26.4. The molecule has 0 unspecified atom stereocenters. The van der Waals surface area contributed by atoms with E-state index in [1.54, 1.807) is 11.3 Å². The molecule has 0 fully saturated rings. The van der Waals surface area contributed by atoms with Crippen LogP contribution in [-0.2, 0) is 0 Å². The molecule has 9 aromatic rings. The Labute approximate surface area is 268 Å². The van der Waals surface area contributed by atoms with Gasteiger partial charge in [0.1, 0.15) is 5.52 Å². The van der Waals surface area contributed by atoms with E-state index in [0.717, 1.165) is 44.5 Å². The minimum absolute atomic E-state index is 0.628. The minimum Gasteiger partial charge on any atom is -0.436 e. The normalized spacial score (nSPS) is 11.5. The topological polar surface area (TPSA) is 64.7 Å². The summed E-state index contributed by atoms with van der Waals surface area (Å²) >= 11 is 1.78. The van der Waals surface area contributed by atoms with Crippen molar-refractivity contribution in [1.82, 2.24) is 19.9 Å². The second-order valence-corrected chi connectivity index (χ2v) is 12.2. The summed E-state index contributed by atoms with van der Waals surface area (Å²) in [5.41, 5.74) is 7.70. The summed E-state index contributed by atoms with van der Waals surface area (Å²) in [7, 11) is 0. The molecule has 216 valence electrons. The third-order valence-electron chi connectivity index (χ3n) is 8.17. The lowest BCUT2D eigenvalue weighted by Gasteiger charge is -2.08. The van der Waals surface area contributed by atoms with E-state index >= 15 is 0 Å². The van der Waals surface area contributed by atoms with Crippen molar-refractivity contribution in [2.24, 2.45) is 0 Å². The van der Waals surface area contributed by atoms with Gasteiger partial charge in [-0.3, -0.25) is 0 Å². The van der Waals surface area contributed by atoms with Crippen molar-refractivity contribution in [2.45, 2.75) is 0 Å². The van der Waals surface area contributed by atoms with Crippen LogP contribution in [0.1, 0.15) is 0 Å². The van der Waals surface area contributed by atoms with Crippen LogP contribution in [0.3, 0.4) is 0 Å². The van der Waals surface area contributed by atoms with Gasteiger partial charge in [-0.05, 0) is 47.5 Å². The van der Waals surface area contributed by atoms with Gasteiger partial charge >= 0.3 is 0 Å². The quantitative estimate of drug-likeness (QED) is 0.194. The first-order valence-corrected chi connectivity index (χ1v) is 15.9. The van der Waals surface area contributed by atoms with Crippen LogP contribution in [0.15, 0.2) is 150 Å². The van der Waals surface area contributed by atoms with Crippen molar-refractivity contribution in [2.75, 3.05) is 0 Å². The van der Waals surface area contributed by atoms with Crippen molar-refractivity contribution in [3.63, 3.8) is 0 Å². The van der Waals surface area contributed by atoms with Gasteiger partial charge in [-0.1, -0.05) is 109 Å². The van der Waals surface area contributed by atoms with Gasteiger partial charge in [-0.2, -0.15) is 0 Å². The Kier molecular flexibility index (Phi) is 6.25. The van der Waals surface area contributed by atoms with Crippen molar-refractivity contribution in [3.8, 4) is 56.7 Å².